The molecule has 0 bridgehead atoms. The van der Waals surface area contributed by atoms with E-state index < -0.39 is 7.12 Å². The highest BCUT2D eigenvalue weighted by Crippen LogP contribution is 1.94. The lowest BCUT2D eigenvalue weighted by Gasteiger charge is -1.92. The maximum absolute atomic E-state index is 8.45. The molecular formula is C9H13BBrIN4O2. The van der Waals surface area contributed by atoms with E-state index in [1.54, 1.807) is 24.5 Å². The Labute approximate surface area is 131 Å². The highest BCUT2D eigenvalue weighted by molar-refractivity contribution is 14.0. The van der Waals surface area contributed by atoms with E-state index in [1.807, 2.05) is 0 Å². The third kappa shape index (κ3) is 8.45. The van der Waals surface area contributed by atoms with Crippen LogP contribution >= 0.6 is 39.9 Å². The summed E-state index contributed by atoms with van der Waals surface area (Å²) >= 11 is 3.09. The summed E-state index contributed by atoms with van der Waals surface area (Å²) in [7, 11) is -1.56. The molecule has 0 saturated heterocycles. The number of hydrogen-bond acceptors (Lipinski definition) is 6. The lowest BCUT2D eigenvalue weighted by Crippen LogP contribution is -2.34. The van der Waals surface area contributed by atoms with Crippen molar-refractivity contribution in [2.24, 2.45) is 0 Å². The molecule has 9 heteroatoms. The van der Waals surface area contributed by atoms with Crippen LogP contribution in [0.3, 0.4) is 0 Å². The SMILES string of the molecule is Brc1ncccn1.C.I.OB(O)c1ncccn1. The topological polar surface area (TPSA) is 92.0 Å². The molecule has 0 spiro atoms. The zero-order chi connectivity index (χ0) is 11.8. The second-order valence-electron chi connectivity index (χ2n) is 2.50. The maximum atomic E-state index is 8.45. The lowest BCUT2D eigenvalue weighted by molar-refractivity contribution is 0.422. The second kappa shape index (κ2) is 11.4. The molecule has 98 valence electrons. The van der Waals surface area contributed by atoms with Crippen LogP contribution in [0.2, 0.25) is 0 Å². The normalized spacial score (nSPS) is 7.94. The molecule has 2 heterocycles. The van der Waals surface area contributed by atoms with Gasteiger partial charge in [-0.2, -0.15) is 0 Å². The van der Waals surface area contributed by atoms with Crippen LogP contribution < -0.4 is 5.72 Å². The van der Waals surface area contributed by atoms with E-state index in [0.717, 1.165) is 0 Å². The van der Waals surface area contributed by atoms with Gasteiger partial charge in [-0.05, 0) is 28.1 Å². The van der Waals surface area contributed by atoms with Crippen LogP contribution in [-0.2, 0) is 0 Å². The molecule has 0 unspecified atom stereocenters. The van der Waals surface area contributed by atoms with Crippen LogP contribution in [-0.4, -0.2) is 37.1 Å². The zero-order valence-electron chi connectivity index (χ0n) is 8.51. The van der Waals surface area contributed by atoms with Gasteiger partial charge < -0.3 is 10.0 Å². The first-order chi connectivity index (χ1) is 7.70. The lowest BCUT2D eigenvalue weighted by atomic mass is 9.91. The Balaban J connectivity index is 0. The van der Waals surface area contributed by atoms with Crippen LogP contribution in [0.15, 0.2) is 41.7 Å². The van der Waals surface area contributed by atoms with E-state index >= 15 is 0 Å². The fourth-order valence-electron chi connectivity index (χ4n) is 0.725. The number of rotatable bonds is 1. The fraction of sp³-hybridized carbons (Fsp3) is 0.111. The van der Waals surface area contributed by atoms with Gasteiger partial charge in [-0.15, -0.1) is 24.0 Å². The molecule has 0 radical (unpaired) electrons. The minimum absolute atomic E-state index is 0. The van der Waals surface area contributed by atoms with Crippen molar-refractivity contribution in [1.82, 2.24) is 19.9 Å². The number of nitrogens with zero attached hydrogens (tertiary/aromatic N) is 4. The van der Waals surface area contributed by atoms with Crippen molar-refractivity contribution in [2.45, 2.75) is 7.43 Å². The van der Waals surface area contributed by atoms with Crippen LogP contribution in [0.25, 0.3) is 0 Å². The molecule has 0 amide bonds. The van der Waals surface area contributed by atoms with Crippen molar-refractivity contribution in [2.75, 3.05) is 0 Å². The molecule has 2 aromatic heterocycles. The summed E-state index contributed by atoms with van der Waals surface area (Å²) in [6, 6.07) is 3.37. The molecule has 18 heavy (non-hydrogen) atoms. The first-order valence-electron chi connectivity index (χ1n) is 4.25. The quantitative estimate of drug-likeness (QED) is 0.395. The maximum Gasteiger partial charge on any atom is 0.528 e. The van der Waals surface area contributed by atoms with Crippen molar-refractivity contribution in [1.29, 1.82) is 0 Å². The van der Waals surface area contributed by atoms with Gasteiger partial charge in [0.05, 0.1) is 0 Å². The molecule has 0 fully saturated rings. The smallest absolute Gasteiger partial charge is 0.421 e. The Morgan fingerprint density at radius 2 is 1.28 bits per heavy atom. The van der Waals surface area contributed by atoms with E-state index in [4.69, 9.17) is 10.0 Å². The van der Waals surface area contributed by atoms with Crippen LogP contribution in [0, 0.1) is 0 Å². The molecule has 2 N–H and O–H groups in total. The van der Waals surface area contributed by atoms with Crippen molar-refractivity contribution in [3.8, 4) is 0 Å². The monoisotopic (exact) mass is 426 g/mol. The van der Waals surface area contributed by atoms with Crippen molar-refractivity contribution in [3.05, 3.63) is 41.7 Å². The first kappa shape index (κ1) is 19.7. The van der Waals surface area contributed by atoms with Gasteiger partial charge in [-0.25, -0.2) is 19.9 Å². The summed E-state index contributed by atoms with van der Waals surface area (Å²) in [5.41, 5.74) is 0.0255. The van der Waals surface area contributed by atoms with E-state index in [1.165, 1.54) is 12.4 Å². The standard InChI is InChI=1S/C4H5BN2O2.C4H3BrN2.CH4.HI/c8-5(9)4-6-2-1-3-7-4;5-4-6-2-1-3-7-4;;/h1-3,8-9H;1-3H;1H4;1H. The Morgan fingerprint density at radius 1 is 0.889 bits per heavy atom. The van der Waals surface area contributed by atoms with Crippen LogP contribution in [0.5, 0.6) is 0 Å². The fourth-order valence-corrected chi connectivity index (χ4v) is 0.961. The van der Waals surface area contributed by atoms with Crippen LogP contribution in [0.1, 0.15) is 7.43 Å². The molecular weight excluding hydrogens is 414 g/mol. The van der Waals surface area contributed by atoms with Gasteiger partial charge in [0.1, 0.15) is 0 Å². The highest BCUT2D eigenvalue weighted by Gasteiger charge is 2.12. The summed E-state index contributed by atoms with van der Waals surface area (Å²) in [6.07, 6.45) is 6.25. The summed E-state index contributed by atoms with van der Waals surface area (Å²) in [4.78, 5) is 14.7. The molecule has 0 saturated carbocycles. The number of halogens is 2. The van der Waals surface area contributed by atoms with Gasteiger partial charge in [0.2, 0.25) is 0 Å². The second-order valence-corrected chi connectivity index (χ2v) is 3.21. The predicted molar refractivity (Wildman–Crippen MR) is 83.7 cm³/mol. The highest BCUT2D eigenvalue weighted by atomic mass is 127. The van der Waals surface area contributed by atoms with Crippen LogP contribution in [0.4, 0.5) is 0 Å². The summed E-state index contributed by atoms with van der Waals surface area (Å²) in [5, 5.41) is 16.9. The third-order valence-corrected chi connectivity index (χ3v) is 1.76. The molecule has 0 atom stereocenters. The minimum atomic E-state index is -1.56. The van der Waals surface area contributed by atoms with Crippen molar-refractivity contribution in [3.63, 3.8) is 0 Å². The van der Waals surface area contributed by atoms with Gasteiger partial charge in [0.15, 0.2) is 10.5 Å². The Morgan fingerprint density at radius 3 is 1.50 bits per heavy atom. The molecule has 0 aliphatic rings. The Kier molecular flexibility index (Phi) is 12.5. The van der Waals surface area contributed by atoms with E-state index in [0.29, 0.717) is 4.73 Å². The van der Waals surface area contributed by atoms with Crippen molar-refractivity contribution < 1.29 is 10.0 Å². The molecule has 6 nitrogen and oxygen atoms in total. The third-order valence-electron chi connectivity index (χ3n) is 1.35. The first-order valence-corrected chi connectivity index (χ1v) is 5.05. The van der Waals surface area contributed by atoms with Gasteiger partial charge in [-0.3, -0.25) is 0 Å². The zero-order valence-corrected chi connectivity index (χ0v) is 12.4. The summed E-state index contributed by atoms with van der Waals surface area (Å²) < 4.78 is 0.634. The summed E-state index contributed by atoms with van der Waals surface area (Å²) in [5.74, 6) is 0. The Hall–Kier alpha value is -0.645. The van der Waals surface area contributed by atoms with Gasteiger partial charge >= 0.3 is 7.12 Å². The molecule has 0 aromatic carbocycles. The minimum Gasteiger partial charge on any atom is -0.421 e. The largest absolute Gasteiger partial charge is 0.528 e. The van der Waals surface area contributed by atoms with E-state index in [2.05, 4.69) is 35.9 Å². The van der Waals surface area contributed by atoms with E-state index in [-0.39, 0.29) is 37.1 Å². The summed E-state index contributed by atoms with van der Waals surface area (Å²) in [6.45, 7) is 0. The van der Waals surface area contributed by atoms with E-state index in [9.17, 15) is 0 Å². The van der Waals surface area contributed by atoms with Gasteiger partial charge in [0.25, 0.3) is 0 Å². The average Bonchev–Trinajstić information content (AvgIpc) is 2.32. The number of aromatic nitrogens is 4. The molecule has 2 aromatic rings. The number of hydrogen-bond donors (Lipinski definition) is 2. The Bertz CT molecular complexity index is 410. The molecule has 0 aliphatic carbocycles. The van der Waals surface area contributed by atoms with Gasteiger partial charge in [-0.1, -0.05) is 7.43 Å². The molecule has 0 aliphatic heterocycles. The molecule has 2 rings (SSSR count). The van der Waals surface area contributed by atoms with Crippen molar-refractivity contribution >= 4 is 52.7 Å². The average molecular weight is 427 g/mol. The van der Waals surface area contributed by atoms with Gasteiger partial charge in [0, 0.05) is 24.8 Å². The predicted octanol–water partition coefficient (Wildman–Crippen LogP) is 0.650.